The summed E-state index contributed by atoms with van der Waals surface area (Å²) < 4.78 is 5.26. The van der Waals surface area contributed by atoms with Gasteiger partial charge in [-0.15, -0.1) is 0 Å². The molecule has 1 aliphatic rings. The molecule has 1 aromatic rings. The molecule has 0 unspecified atom stereocenters. The van der Waals surface area contributed by atoms with E-state index in [2.05, 4.69) is 17.4 Å². The second-order valence-corrected chi connectivity index (χ2v) is 4.53. The van der Waals surface area contributed by atoms with Gasteiger partial charge in [-0.25, -0.2) is 4.79 Å². The van der Waals surface area contributed by atoms with Crippen molar-refractivity contribution in [2.75, 3.05) is 5.32 Å². The third kappa shape index (κ3) is 2.60. The molecular formula is C14H21NO2. The van der Waals surface area contributed by atoms with Crippen molar-refractivity contribution < 1.29 is 9.53 Å². The third-order valence-electron chi connectivity index (χ3n) is 2.70. The van der Waals surface area contributed by atoms with Crippen LogP contribution >= 0.6 is 0 Å². The summed E-state index contributed by atoms with van der Waals surface area (Å²) in [7, 11) is 0. The van der Waals surface area contributed by atoms with Gasteiger partial charge in [0.15, 0.2) is 0 Å². The first-order valence-corrected chi connectivity index (χ1v) is 6.02. The van der Waals surface area contributed by atoms with E-state index in [1.165, 1.54) is 5.56 Å². The van der Waals surface area contributed by atoms with Gasteiger partial charge in [0.25, 0.3) is 0 Å². The van der Waals surface area contributed by atoms with Crippen LogP contribution in [-0.4, -0.2) is 6.09 Å². The van der Waals surface area contributed by atoms with Gasteiger partial charge < -0.3 is 4.74 Å². The molecule has 0 saturated heterocycles. The Labute approximate surface area is 103 Å². The van der Waals surface area contributed by atoms with Gasteiger partial charge in [0.2, 0.25) is 0 Å². The highest BCUT2D eigenvalue weighted by Crippen LogP contribution is 2.37. The number of rotatable bonds is 0. The number of carbonyl (C=O) groups is 1. The van der Waals surface area contributed by atoms with Gasteiger partial charge in [-0.05, 0) is 33.3 Å². The van der Waals surface area contributed by atoms with Gasteiger partial charge >= 0.3 is 6.09 Å². The summed E-state index contributed by atoms with van der Waals surface area (Å²) in [5.74, 6) is 0. The number of benzene rings is 1. The largest absolute Gasteiger partial charge is 0.438 e. The van der Waals surface area contributed by atoms with E-state index in [1.807, 2.05) is 41.5 Å². The smallest absolute Gasteiger partial charge is 0.412 e. The summed E-state index contributed by atoms with van der Waals surface area (Å²) in [6, 6.07) is 4.11. The zero-order chi connectivity index (χ0) is 13.2. The van der Waals surface area contributed by atoms with Crippen molar-refractivity contribution in [3.05, 3.63) is 28.8 Å². The predicted molar refractivity (Wildman–Crippen MR) is 70.4 cm³/mol. The van der Waals surface area contributed by atoms with Crippen molar-refractivity contribution in [2.45, 2.75) is 47.1 Å². The molecule has 0 atom stereocenters. The Morgan fingerprint density at radius 3 is 2.35 bits per heavy atom. The molecule has 3 heteroatoms. The Balaban J connectivity index is 0.000000686. The first-order valence-electron chi connectivity index (χ1n) is 6.02. The number of hydrogen-bond donors (Lipinski definition) is 1. The summed E-state index contributed by atoms with van der Waals surface area (Å²) in [6.07, 6.45) is -0.376. The van der Waals surface area contributed by atoms with Crippen LogP contribution in [0.15, 0.2) is 12.1 Å². The Hall–Kier alpha value is -1.51. The second kappa shape index (κ2) is 4.78. The zero-order valence-electron chi connectivity index (χ0n) is 11.5. The van der Waals surface area contributed by atoms with Gasteiger partial charge in [-0.1, -0.05) is 31.5 Å². The fourth-order valence-corrected chi connectivity index (χ4v) is 2.02. The number of aryl methyl sites for hydroxylation is 2. The van der Waals surface area contributed by atoms with Crippen LogP contribution in [0.1, 0.15) is 44.4 Å². The van der Waals surface area contributed by atoms with Gasteiger partial charge in [0, 0.05) is 5.56 Å². The molecule has 2 rings (SSSR count). The van der Waals surface area contributed by atoms with Crippen molar-refractivity contribution in [3.8, 4) is 0 Å². The molecule has 94 valence electrons. The third-order valence-corrected chi connectivity index (χ3v) is 2.70. The molecule has 3 nitrogen and oxygen atoms in total. The van der Waals surface area contributed by atoms with Crippen molar-refractivity contribution in [1.29, 1.82) is 0 Å². The van der Waals surface area contributed by atoms with E-state index in [4.69, 9.17) is 4.74 Å². The maximum Gasteiger partial charge on any atom is 0.412 e. The topological polar surface area (TPSA) is 38.3 Å². The molecule has 0 radical (unpaired) electrons. The summed E-state index contributed by atoms with van der Waals surface area (Å²) in [6.45, 7) is 11.8. The van der Waals surface area contributed by atoms with Gasteiger partial charge in [0.05, 0.1) is 5.69 Å². The Morgan fingerprint density at radius 2 is 1.76 bits per heavy atom. The van der Waals surface area contributed by atoms with Crippen LogP contribution in [-0.2, 0) is 10.3 Å². The van der Waals surface area contributed by atoms with E-state index in [9.17, 15) is 4.79 Å². The highest BCUT2D eigenvalue weighted by Gasteiger charge is 2.34. The molecular weight excluding hydrogens is 214 g/mol. The maximum atomic E-state index is 11.3. The van der Waals surface area contributed by atoms with Crippen LogP contribution in [0, 0.1) is 13.8 Å². The van der Waals surface area contributed by atoms with Crippen molar-refractivity contribution in [3.63, 3.8) is 0 Å². The lowest BCUT2D eigenvalue weighted by atomic mass is 9.91. The number of hydrogen-bond acceptors (Lipinski definition) is 2. The van der Waals surface area contributed by atoms with Crippen LogP contribution in [0.25, 0.3) is 0 Å². The first-order chi connectivity index (χ1) is 7.90. The lowest BCUT2D eigenvalue weighted by Crippen LogP contribution is -2.35. The minimum absolute atomic E-state index is 0.376. The van der Waals surface area contributed by atoms with Crippen LogP contribution in [0.3, 0.4) is 0 Å². The SMILES string of the molecule is CC.Cc1cc(C)c2c(c1)C(C)(C)OC(=O)N2. The number of cyclic esters (lactones) is 1. The number of ether oxygens (including phenoxy) is 1. The molecule has 0 spiro atoms. The van der Waals surface area contributed by atoms with E-state index < -0.39 is 5.60 Å². The normalized spacial score (nSPS) is 16.0. The molecule has 17 heavy (non-hydrogen) atoms. The van der Waals surface area contributed by atoms with Crippen molar-refractivity contribution in [1.82, 2.24) is 0 Å². The molecule has 1 heterocycles. The standard InChI is InChI=1S/C12H15NO2.C2H6/c1-7-5-8(2)10-9(6-7)12(3,4)15-11(14)13-10;1-2/h5-6H,1-4H3,(H,13,14);1-2H3. The summed E-state index contributed by atoms with van der Waals surface area (Å²) in [5, 5.41) is 2.75. The molecule has 1 N–H and O–H groups in total. The van der Waals surface area contributed by atoms with E-state index in [0.717, 1.165) is 16.8 Å². The highest BCUT2D eigenvalue weighted by atomic mass is 16.6. The molecule has 1 amide bonds. The minimum atomic E-state index is -0.547. The zero-order valence-corrected chi connectivity index (χ0v) is 11.5. The summed E-state index contributed by atoms with van der Waals surface area (Å²) >= 11 is 0. The van der Waals surface area contributed by atoms with Gasteiger partial charge in [-0.2, -0.15) is 0 Å². The van der Waals surface area contributed by atoms with E-state index in [0.29, 0.717) is 0 Å². The highest BCUT2D eigenvalue weighted by molar-refractivity contribution is 5.90. The maximum absolute atomic E-state index is 11.3. The Morgan fingerprint density at radius 1 is 1.18 bits per heavy atom. The first kappa shape index (κ1) is 13.6. The Bertz CT molecular complexity index is 436. The van der Waals surface area contributed by atoms with Crippen LogP contribution < -0.4 is 5.32 Å². The quantitative estimate of drug-likeness (QED) is 0.734. The molecule has 1 aliphatic heterocycles. The lowest BCUT2D eigenvalue weighted by molar-refractivity contribution is 0.0419. The number of nitrogens with one attached hydrogen (secondary N) is 1. The van der Waals surface area contributed by atoms with Crippen LogP contribution in [0.4, 0.5) is 10.5 Å². The summed E-state index contributed by atoms with van der Waals surface area (Å²) in [5.41, 5.74) is 3.64. The average molecular weight is 235 g/mol. The van der Waals surface area contributed by atoms with Gasteiger partial charge in [-0.3, -0.25) is 5.32 Å². The van der Waals surface area contributed by atoms with E-state index in [-0.39, 0.29) is 6.09 Å². The van der Waals surface area contributed by atoms with Crippen LogP contribution in [0.2, 0.25) is 0 Å². The predicted octanol–water partition coefficient (Wildman–Crippen LogP) is 4.13. The molecule has 0 aliphatic carbocycles. The number of anilines is 1. The lowest BCUT2D eigenvalue weighted by Gasteiger charge is -2.33. The minimum Gasteiger partial charge on any atom is -0.438 e. The number of amides is 1. The monoisotopic (exact) mass is 235 g/mol. The fraction of sp³-hybridized carbons (Fsp3) is 0.500. The van der Waals surface area contributed by atoms with Gasteiger partial charge in [0.1, 0.15) is 5.60 Å². The average Bonchev–Trinajstić information content (AvgIpc) is 2.22. The molecule has 0 saturated carbocycles. The second-order valence-electron chi connectivity index (χ2n) is 4.53. The van der Waals surface area contributed by atoms with Crippen molar-refractivity contribution >= 4 is 11.8 Å². The molecule has 0 bridgehead atoms. The summed E-state index contributed by atoms with van der Waals surface area (Å²) in [4.78, 5) is 11.3. The molecule has 0 aromatic heterocycles. The molecule has 1 aromatic carbocycles. The van der Waals surface area contributed by atoms with E-state index in [1.54, 1.807) is 0 Å². The number of carbonyl (C=O) groups excluding carboxylic acids is 1. The molecule has 0 fully saturated rings. The Kier molecular flexibility index (Phi) is 3.81. The van der Waals surface area contributed by atoms with Crippen molar-refractivity contribution in [2.24, 2.45) is 0 Å². The number of fused-ring (bicyclic) bond motifs is 1. The van der Waals surface area contributed by atoms with Crippen LogP contribution in [0.5, 0.6) is 0 Å². The fourth-order valence-electron chi connectivity index (χ4n) is 2.02. The van der Waals surface area contributed by atoms with E-state index >= 15 is 0 Å².